The Balaban J connectivity index is 4.11. The molecule has 1 heteroatoms. The number of hydrogen-bond donors (Lipinski definition) is 1. The van der Waals surface area contributed by atoms with Crippen LogP contribution in [0.4, 0.5) is 0 Å². The molecule has 1 N–H and O–H groups in total. The summed E-state index contributed by atoms with van der Waals surface area (Å²) in [4.78, 5) is 0. The Morgan fingerprint density at radius 2 is 1.91 bits per heavy atom. The van der Waals surface area contributed by atoms with E-state index in [9.17, 15) is 0 Å². The molecule has 0 bridgehead atoms. The van der Waals surface area contributed by atoms with Gasteiger partial charge in [0.05, 0.1) is 6.10 Å². The molecule has 0 aliphatic heterocycles. The lowest BCUT2D eigenvalue weighted by Gasteiger charge is -2.01. The van der Waals surface area contributed by atoms with Crippen LogP contribution >= 0.6 is 0 Å². The third-order valence-corrected chi connectivity index (χ3v) is 1.85. The fourth-order valence-electron chi connectivity index (χ4n) is 0.531. The predicted octanol–water partition coefficient (Wildman–Crippen LogP) is 2.67. The molecule has 1 unspecified atom stereocenters. The molecular weight excluding hydrogens is 136 g/mol. The summed E-state index contributed by atoms with van der Waals surface area (Å²) in [7, 11) is 0. The van der Waals surface area contributed by atoms with E-state index >= 15 is 0 Å². The average molecular weight is 154 g/mol. The minimum atomic E-state index is -0.323. The van der Waals surface area contributed by atoms with Crippen LogP contribution in [0.2, 0.25) is 0 Å². The molecular formula is C10H18O. The van der Waals surface area contributed by atoms with Gasteiger partial charge >= 0.3 is 0 Å². The molecule has 0 rings (SSSR count). The molecule has 1 nitrogen and oxygen atoms in total. The summed E-state index contributed by atoms with van der Waals surface area (Å²) < 4.78 is 0. The first-order chi connectivity index (χ1) is 5.07. The molecule has 1 atom stereocenters. The first-order valence-electron chi connectivity index (χ1n) is 4.10. The zero-order chi connectivity index (χ0) is 8.85. The molecule has 0 amide bonds. The predicted molar refractivity (Wildman–Crippen MR) is 49.5 cm³/mol. The highest BCUT2D eigenvalue weighted by Gasteiger charge is 1.94. The van der Waals surface area contributed by atoms with Crippen LogP contribution in [0.3, 0.4) is 0 Å². The zero-order valence-electron chi connectivity index (χ0n) is 7.89. The van der Waals surface area contributed by atoms with Gasteiger partial charge in [0.2, 0.25) is 0 Å². The van der Waals surface area contributed by atoms with E-state index in [1.165, 1.54) is 5.57 Å². The van der Waals surface area contributed by atoms with Crippen molar-refractivity contribution in [3.05, 3.63) is 23.3 Å². The second-order valence-electron chi connectivity index (χ2n) is 2.95. The molecule has 0 saturated heterocycles. The molecule has 0 saturated carbocycles. The van der Waals surface area contributed by atoms with E-state index in [2.05, 4.69) is 19.9 Å². The lowest BCUT2D eigenvalue weighted by Crippen LogP contribution is -1.99. The largest absolute Gasteiger partial charge is 0.389 e. The van der Waals surface area contributed by atoms with Crippen molar-refractivity contribution in [2.24, 2.45) is 0 Å². The van der Waals surface area contributed by atoms with Gasteiger partial charge in [0.25, 0.3) is 0 Å². The number of hydrogen-bond acceptors (Lipinski definition) is 1. The normalized spacial score (nSPS) is 16.8. The molecule has 0 aliphatic carbocycles. The zero-order valence-corrected chi connectivity index (χ0v) is 7.89. The Bertz CT molecular complexity index is 164. The van der Waals surface area contributed by atoms with Gasteiger partial charge in [-0.3, -0.25) is 0 Å². The number of rotatable bonds is 3. The van der Waals surface area contributed by atoms with Gasteiger partial charge in [-0.15, -0.1) is 0 Å². The van der Waals surface area contributed by atoms with Crippen molar-refractivity contribution in [3.63, 3.8) is 0 Å². The van der Waals surface area contributed by atoms with Gasteiger partial charge in [0.15, 0.2) is 0 Å². The van der Waals surface area contributed by atoms with Crippen LogP contribution < -0.4 is 0 Å². The van der Waals surface area contributed by atoms with Crippen LogP contribution in [-0.4, -0.2) is 11.2 Å². The van der Waals surface area contributed by atoms with E-state index in [0.717, 1.165) is 12.0 Å². The summed E-state index contributed by atoms with van der Waals surface area (Å²) in [5.74, 6) is 0. The summed E-state index contributed by atoms with van der Waals surface area (Å²) >= 11 is 0. The van der Waals surface area contributed by atoms with Crippen LogP contribution in [-0.2, 0) is 0 Å². The summed E-state index contributed by atoms with van der Waals surface area (Å²) in [5.41, 5.74) is 2.35. The molecule has 0 aromatic heterocycles. The topological polar surface area (TPSA) is 20.2 Å². The maximum Gasteiger partial charge on any atom is 0.0722 e. The van der Waals surface area contributed by atoms with Gasteiger partial charge in [-0.25, -0.2) is 0 Å². The maximum absolute atomic E-state index is 9.11. The average Bonchev–Trinajstić information content (AvgIpc) is 1.99. The number of aliphatic hydroxyl groups excluding tert-OH is 1. The van der Waals surface area contributed by atoms with Gasteiger partial charge in [-0.1, -0.05) is 24.6 Å². The van der Waals surface area contributed by atoms with E-state index in [0.29, 0.717) is 0 Å². The summed E-state index contributed by atoms with van der Waals surface area (Å²) in [5, 5.41) is 9.11. The Hall–Kier alpha value is -0.560. The van der Waals surface area contributed by atoms with Gasteiger partial charge < -0.3 is 5.11 Å². The molecule has 0 aliphatic rings. The Morgan fingerprint density at radius 1 is 1.36 bits per heavy atom. The molecule has 0 spiro atoms. The van der Waals surface area contributed by atoms with Gasteiger partial charge in [0, 0.05) is 0 Å². The van der Waals surface area contributed by atoms with Crippen molar-refractivity contribution in [1.82, 2.24) is 0 Å². The van der Waals surface area contributed by atoms with Crippen LogP contribution in [0.1, 0.15) is 34.1 Å². The standard InChI is InChI=1S/C10H18O/c1-5-8(2)6-7-9(3)10(4)11/h6-7,10-11H,5H2,1-4H3. The molecule has 0 aromatic rings. The molecule has 0 heterocycles. The van der Waals surface area contributed by atoms with Gasteiger partial charge in [-0.2, -0.15) is 0 Å². The maximum atomic E-state index is 9.11. The minimum Gasteiger partial charge on any atom is -0.389 e. The van der Waals surface area contributed by atoms with Crippen molar-refractivity contribution in [3.8, 4) is 0 Å². The molecule has 64 valence electrons. The number of aliphatic hydroxyl groups is 1. The van der Waals surface area contributed by atoms with E-state index in [-0.39, 0.29) is 6.10 Å². The Kier molecular flexibility index (Phi) is 4.88. The van der Waals surface area contributed by atoms with Crippen LogP contribution in [0.15, 0.2) is 23.3 Å². The first-order valence-corrected chi connectivity index (χ1v) is 4.10. The Labute approximate surface area is 69.4 Å². The van der Waals surface area contributed by atoms with Crippen LogP contribution in [0.5, 0.6) is 0 Å². The highest BCUT2D eigenvalue weighted by Crippen LogP contribution is 2.03. The van der Waals surface area contributed by atoms with E-state index in [1.54, 1.807) is 6.92 Å². The Morgan fingerprint density at radius 3 is 2.27 bits per heavy atom. The SMILES string of the molecule is CCC(C)=CC=C(C)C(C)O. The van der Waals surface area contributed by atoms with Gasteiger partial charge in [-0.05, 0) is 32.8 Å². The van der Waals surface area contributed by atoms with Crippen molar-refractivity contribution in [2.75, 3.05) is 0 Å². The van der Waals surface area contributed by atoms with E-state index < -0.39 is 0 Å². The summed E-state index contributed by atoms with van der Waals surface area (Å²) in [6.07, 6.45) is 4.78. The van der Waals surface area contributed by atoms with E-state index in [1.807, 2.05) is 13.0 Å². The van der Waals surface area contributed by atoms with Crippen molar-refractivity contribution >= 4 is 0 Å². The van der Waals surface area contributed by atoms with Crippen molar-refractivity contribution in [2.45, 2.75) is 40.2 Å². The van der Waals surface area contributed by atoms with E-state index in [4.69, 9.17) is 5.11 Å². The fourth-order valence-corrected chi connectivity index (χ4v) is 0.531. The molecule has 0 fully saturated rings. The third-order valence-electron chi connectivity index (χ3n) is 1.85. The third kappa shape index (κ3) is 4.79. The van der Waals surface area contributed by atoms with Crippen molar-refractivity contribution < 1.29 is 5.11 Å². The van der Waals surface area contributed by atoms with Gasteiger partial charge in [0.1, 0.15) is 0 Å². The second kappa shape index (κ2) is 5.14. The first kappa shape index (κ1) is 10.4. The highest BCUT2D eigenvalue weighted by molar-refractivity contribution is 5.17. The van der Waals surface area contributed by atoms with Crippen molar-refractivity contribution in [1.29, 1.82) is 0 Å². The lowest BCUT2D eigenvalue weighted by atomic mass is 10.1. The lowest BCUT2D eigenvalue weighted by molar-refractivity contribution is 0.231. The monoisotopic (exact) mass is 154 g/mol. The molecule has 11 heavy (non-hydrogen) atoms. The number of allylic oxidation sites excluding steroid dienone is 3. The molecule has 0 aromatic carbocycles. The van der Waals surface area contributed by atoms with Crippen LogP contribution in [0.25, 0.3) is 0 Å². The van der Waals surface area contributed by atoms with Crippen LogP contribution in [0, 0.1) is 0 Å². The fraction of sp³-hybridized carbons (Fsp3) is 0.600. The minimum absolute atomic E-state index is 0.323. The second-order valence-corrected chi connectivity index (χ2v) is 2.95. The quantitative estimate of drug-likeness (QED) is 0.620. The summed E-state index contributed by atoms with van der Waals surface area (Å²) in [6.45, 7) is 7.92. The summed E-state index contributed by atoms with van der Waals surface area (Å²) in [6, 6.07) is 0. The molecule has 0 radical (unpaired) electrons. The highest BCUT2D eigenvalue weighted by atomic mass is 16.3. The smallest absolute Gasteiger partial charge is 0.0722 e.